The Kier molecular flexibility index (Phi) is 2.03. The average molecular weight is 152 g/mol. The molecule has 0 aliphatic carbocycles. The first-order valence-electron chi connectivity index (χ1n) is 3.58. The van der Waals surface area contributed by atoms with Crippen molar-refractivity contribution >= 4 is 5.95 Å². The van der Waals surface area contributed by atoms with E-state index in [0.29, 0.717) is 5.92 Å². The Morgan fingerprint density at radius 1 is 1.27 bits per heavy atom. The lowest BCUT2D eigenvalue weighted by Gasteiger charge is -2.05. The van der Waals surface area contributed by atoms with Crippen molar-refractivity contribution in [1.82, 2.24) is 15.2 Å². The molecular weight excluding hydrogens is 140 g/mol. The van der Waals surface area contributed by atoms with E-state index in [4.69, 9.17) is 5.73 Å². The SMILES string of the molecule is Cc1nnc(N)nc1C(C)C. The lowest BCUT2D eigenvalue weighted by Crippen LogP contribution is -2.05. The second-order valence-electron chi connectivity index (χ2n) is 2.80. The third-order valence-corrected chi connectivity index (χ3v) is 1.46. The van der Waals surface area contributed by atoms with Gasteiger partial charge in [0, 0.05) is 0 Å². The first kappa shape index (κ1) is 7.91. The second kappa shape index (κ2) is 2.82. The summed E-state index contributed by atoms with van der Waals surface area (Å²) in [6.45, 7) is 5.99. The number of nitrogens with two attached hydrogens (primary N) is 1. The zero-order valence-corrected chi connectivity index (χ0v) is 7.00. The molecule has 0 amide bonds. The van der Waals surface area contributed by atoms with Gasteiger partial charge in [0.1, 0.15) is 0 Å². The first-order valence-corrected chi connectivity index (χ1v) is 3.58. The summed E-state index contributed by atoms with van der Waals surface area (Å²) in [5.41, 5.74) is 7.16. The molecule has 4 nitrogen and oxygen atoms in total. The van der Waals surface area contributed by atoms with E-state index in [2.05, 4.69) is 29.0 Å². The molecule has 0 saturated heterocycles. The van der Waals surface area contributed by atoms with Crippen molar-refractivity contribution in [2.45, 2.75) is 26.7 Å². The molecule has 0 aromatic carbocycles. The Labute approximate surface area is 65.9 Å². The van der Waals surface area contributed by atoms with Gasteiger partial charge in [-0.15, -0.1) is 5.10 Å². The van der Waals surface area contributed by atoms with Gasteiger partial charge < -0.3 is 5.73 Å². The summed E-state index contributed by atoms with van der Waals surface area (Å²) in [7, 11) is 0. The number of aromatic nitrogens is 3. The van der Waals surface area contributed by atoms with Gasteiger partial charge in [-0.1, -0.05) is 13.8 Å². The molecule has 1 heterocycles. The third kappa shape index (κ3) is 1.63. The van der Waals surface area contributed by atoms with Gasteiger partial charge in [0.05, 0.1) is 11.4 Å². The van der Waals surface area contributed by atoms with Gasteiger partial charge in [0.2, 0.25) is 5.95 Å². The van der Waals surface area contributed by atoms with E-state index in [-0.39, 0.29) is 5.95 Å². The number of hydrogen-bond acceptors (Lipinski definition) is 4. The highest BCUT2D eigenvalue weighted by Gasteiger charge is 2.06. The highest BCUT2D eigenvalue weighted by molar-refractivity contribution is 5.20. The van der Waals surface area contributed by atoms with Gasteiger partial charge in [0.15, 0.2) is 0 Å². The molecule has 1 aromatic rings. The standard InChI is InChI=1S/C7H12N4/c1-4(2)6-5(3)10-11-7(8)9-6/h4H,1-3H3,(H2,8,9,11). The smallest absolute Gasteiger partial charge is 0.240 e. The van der Waals surface area contributed by atoms with Gasteiger partial charge in [-0.05, 0) is 12.8 Å². The zero-order chi connectivity index (χ0) is 8.43. The van der Waals surface area contributed by atoms with Gasteiger partial charge in [0.25, 0.3) is 0 Å². The van der Waals surface area contributed by atoms with E-state index in [1.807, 2.05) is 6.92 Å². The fourth-order valence-electron chi connectivity index (χ4n) is 0.951. The second-order valence-corrected chi connectivity index (χ2v) is 2.80. The highest BCUT2D eigenvalue weighted by atomic mass is 15.2. The molecule has 4 heteroatoms. The molecule has 11 heavy (non-hydrogen) atoms. The van der Waals surface area contributed by atoms with Crippen LogP contribution in [-0.4, -0.2) is 15.2 Å². The minimum absolute atomic E-state index is 0.249. The average Bonchev–Trinajstić information content (AvgIpc) is 1.94. The normalized spacial score (nSPS) is 10.5. The monoisotopic (exact) mass is 152 g/mol. The van der Waals surface area contributed by atoms with Gasteiger partial charge in [-0.3, -0.25) is 0 Å². The van der Waals surface area contributed by atoms with Crippen molar-refractivity contribution in [3.63, 3.8) is 0 Å². The minimum Gasteiger partial charge on any atom is -0.366 e. The van der Waals surface area contributed by atoms with Crippen LogP contribution in [0.15, 0.2) is 0 Å². The Balaban J connectivity index is 3.13. The summed E-state index contributed by atoms with van der Waals surface area (Å²) < 4.78 is 0. The Bertz CT molecular complexity index is 257. The molecule has 0 aliphatic heterocycles. The predicted octanol–water partition coefficient (Wildman–Crippen LogP) is 0.886. The quantitative estimate of drug-likeness (QED) is 0.649. The summed E-state index contributed by atoms with van der Waals surface area (Å²) in [6.07, 6.45) is 0. The van der Waals surface area contributed by atoms with Crippen LogP contribution in [0.3, 0.4) is 0 Å². The Morgan fingerprint density at radius 2 is 1.91 bits per heavy atom. The molecule has 0 aliphatic rings. The molecule has 0 saturated carbocycles. The maximum Gasteiger partial charge on any atom is 0.240 e. The van der Waals surface area contributed by atoms with Gasteiger partial charge in [-0.25, -0.2) is 4.98 Å². The summed E-state index contributed by atoms with van der Waals surface area (Å²) in [4.78, 5) is 4.08. The van der Waals surface area contributed by atoms with Crippen molar-refractivity contribution < 1.29 is 0 Å². The Hall–Kier alpha value is -1.19. The van der Waals surface area contributed by atoms with Crippen LogP contribution in [0.25, 0.3) is 0 Å². The van der Waals surface area contributed by atoms with Gasteiger partial charge in [-0.2, -0.15) is 5.10 Å². The van der Waals surface area contributed by atoms with E-state index >= 15 is 0 Å². The fourth-order valence-corrected chi connectivity index (χ4v) is 0.951. The number of hydrogen-bond donors (Lipinski definition) is 1. The highest BCUT2D eigenvalue weighted by Crippen LogP contribution is 2.13. The molecule has 1 rings (SSSR count). The van der Waals surface area contributed by atoms with Crippen molar-refractivity contribution in [2.75, 3.05) is 5.73 Å². The van der Waals surface area contributed by atoms with Crippen LogP contribution in [0.5, 0.6) is 0 Å². The van der Waals surface area contributed by atoms with Crippen molar-refractivity contribution in [1.29, 1.82) is 0 Å². The van der Waals surface area contributed by atoms with Crippen LogP contribution < -0.4 is 5.73 Å². The predicted molar refractivity (Wildman–Crippen MR) is 43.1 cm³/mol. The van der Waals surface area contributed by atoms with Gasteiger partial charge >= 0.3 is 0 Å². The molecule has 2 N–H and O–H groups in total. The number of nitrogen functional groups attached to an aromatic ring is 1. The van der Waals surface area contributed by atoms with E-state index in [1.165, 1.54) is 0 Å². The molecule has 0 atom stereocenters. The maximum absolute atomic E-state index is 5.38. The van der Waals surface area contributed by atoms with Crippen LogP contribution in [-0.2, 0) is 0 Å². The summed E-state index contributed by atoms with van der Waals surface area (Å²) in [6, 6.07) is 0. The van der Waals surface area contributed by atoms with Crippen molar-refractivity contribution in [3.8, 4) is 0 Å². The van der Waals surface area contributed by atoms with Crippen LogP contribution in [0, 0.1) is 6.92 Å². The lowest BCUT2D eigenvalue weighted by atomic mass is 10.1. The minimum atomic E-state index is 0.249. The summed E-state index contributed by atoms with van der Waals surface area (Å²) in [5.74, 6) is 0.604. The Morgan fingerprint density at radius 3 is 2.36 bits per heavy atom. The largest absolute Gasteiger partial charge is 0.366 e. The number of aryl methyl sites for hydroxylation is 1. The fraction of sp³-hybridized carbons (Fsp3) is 0.571. The number of nitrogens with zero attached hydrogens (tertiary/aromatic N) is 3. The first-order chi connectivity index (χ1) is 5.11. The van der Waals surface area contributed by atoms with Crippen LogP contribution >= 0.6 is 0 Å². The number of anilines is 1. The zero-order valence-electron chi connectivity index (χ0n) is 7.00. The molecule has 0 unspecified atom stereocenters. The molecule has 0 spiro atoms. The molecule has 60 valence electrons. The molecule has 1 aromatic heterocycles. The van der Waals surface area contributed by atoms with E-state index in [9.17, 15) is 0 Å². The van der Waals surface area contributed by atoms with E-state index in [0.717, 1.165) is 11.4 Å². The summed E-state index contributed by atoms with van der Waals surface area (Å²) in [5, 5.41) is 7.50. The molecular formula is C7H12N4. The summed E-state index contributed by atoms with van der Waals surface area (Å²) >= 11 is 0. The third-order valence-electron chi connectivity index (χ3n) is 1.46. The van der Waals surface area contributed by atoms with E-state index < -0.39 is 0 Å². The molecule has 0 bridgehead atoms. The topological polar surface area (TPSA) is 64.7 Å². The van der Waals surface area contributed by atoms with Crippen LogP contribution in [0.2, 0.25) is 0 Å². The van der Waals surface area contributed by atoms with Crippen LogP contribution in [0.4, 0.5) is 5.95 Å². The van der Waals surface area contributed by atoms with E-state index in [1.54, 1.807) is 0 Å². The van der Waals surface area contributed by atoms with Crippen molar-refractivity contribution in [2.24, 2.45) is 0 Å². The maximum atomic E-state index is 5.38. The van der Waals surface area contributed by atoms with Crippen LogP contribution in [0.1, 0.15) is 31.2 Å². The van der Waals surface area contributed by atoms with Crippen molar-refractivity contribution in [3.05, 3.63) is 11.4 Å². The molecule has 0 fully saturated rings. The molecule has 0 radical (unpaired) electrons. The number of rotatable bonds is 1. The lowest BCUT2D eigenvalue weighted by molar-refractivity contribution is 0.770.